The zero-order valence-electron chi connectivity index (χ0n) is 14.2. The Morgan fingerprint density at radius 3 is 2.12 bits per heavy atom. The van der Waals surface area contributed by atoms with Gasteiger partial charge in [0.15, 0.2) is 0 Å². The molecular formula is C18H23O4PS. The fourth-order valence-corrected chi connectivity index (χ4v) is 5.95. The van der Waals surface area contributed by atoms with Gasteiger partial charge >= 0.3 is 6.80 Å². The lowest BCUT2D eigenvalue weighted by Crippen LogP contribution is -2.00. The molecule has 0 N–H and O–H groups in total. The lowest BCUT2D eigenvalue weighted by molar-refractivity contribution is 0.296. The molecule has 2 aromatic carbocycles. The van der Waals surface area contributed by atoms with Crippen LogP contribution in [-0.4, -0.2) is 11.9 Å². The minimum absolute atomic E-state index is 0.197. The zero-order chi connectivity index (χ0) is 17.4. The number of hydrogen-bond acceptors (Lipinski definition) is 5. The third-order valence-corrected chi connectivity index (χ3v) is 7.55. The Morgan fingerprint density at radius 2 is 1.54 bits per heavy atom. The maximum Gasteiger partial charge on any atom is 0.440 e. The lowest BCUT2D eigenvalue weighted by atomic mass is 10.3. The molecule has 0 aliphatic carbocycles. The van der Waals surface area contributed by atoms with Gasteiger partial charge < -0.3 is 9.26 Å². The van der Waals surface area contributed by atoms with Crippen molar-refractivity contribution in [2.75, 3.05) is 6.61 Å². The molecule has 130 valence electrons. The predicted octanol–water partition coefficient (Wildman–Crippen LogP) is 6.53. The molecule has 2 unspecified atom stereocenters. The van der Waals surface area contributed by atoms with Gasteiger partial charge in [-0.15, -0.1) is 0 Å². The molecule has 0 aliphatic heterocycles. The van der Waals surface area contributed by atoms with Gasteiger partial charge in [-0.05, 0) is 61.1 Å². The van der Waals surface area contributed by atoms with Crippen LogP contribution in [0.2, 0.25) is 0 Å². The van der Waals surface area contributed by atoms with Crippen LogP contribution in [0.1, 0.15) is 27.2 Å². The summed E-state index contributed by atoms with van der Waals surface area (Å²) in [5, 5.41) is 0.197. The molecule has 0 fully saturated rings. The molecule has 2 aromatic rings. The van der Waals surface area contributed by atoms with Crippen molar-refractivity contribution in [3.05, 3.63) is 54.6 Å². The molecular weight excluding hydrogens is 343 g/mol. The molecule has 2 rings (SSSR count). The van der Waals surface area contributed by atoms with Crippen LogP contribution in [0.3, 0.4) is 0 Å². The highest BCUT2D eigenvalue weighted by Crippen LogP contribution is 2.62. The average Bonchev–Trinajstić information content (AvgIpc) is 2.57. The van der Waals surface area contributed by atoms with Gasteiger partial charge in [0.25, 0.3) is 0 Å². The van der Waals surface area contributed by atoms with Crippen LogP contribution in [0.25, 0.3) is 0 Å². The highest BCUT2D eigenvalue weighted by atomic mass is 32.7. The van der Waals surface area contributed by atoms with Gasteiger partial charge in [-0.1, -0.05) is 32.0 Å². The number of hydrogen-bond donors (Lipinski definition) is 0. The van der Waals surface area contributed by atoms with Crippen LogP contribution in [0.15, 0.2) is 54.6 Å². The van der Waals surface area contributed by atoms with E-state index >= 15 is 0 Å². The number of rotatable bonds is 9. The summed E-state index contributed by atoms with van der Waals surface area (Å²) < 4.78 is 29.6. The van der Waals surface area contributed by atoms with Crippen molar-refractivity contribution in [2.24, 2.45) is 0 Å². The first-order valence-corrected chi connectivity index (χ1v) is 11.0. The van der Waals surface area contributed by atoms with Gasteiger partial charge in [0.1, 0.15) is 17.2 Å². The minimum atomic E-state index is -3.22. The van der Waals surface area contributed by atoms with Crippen LogP contribution < -0.4 is 9.26 Å². The maximum absolute atomic E-state index is 12.8. The summed E-state index contributed by atoms with van der Waals surface area (Å²) in [6.45, 7) is 2.99. The Labute approximate surface area is 147 Å². The number of ether oxygens (including phenoxy) is 1. The summed E-state index contributed by atoms with van der Waals surface area (Å²) in [6.07, 6.45) is 0.898. The van der Waals surface area contributed by atoms with Gasteiger partial charge in [-0.25, -0.2) is 4.57 Å². The largest absolute Gasteiger partial charge is 0.457 e. The normalized spacial score (nSPS) is 14.6. The lowest BCUT2D eigenvalue weighted by Gasteiger charge is -2.20. The Bertz CT molecular complexity index is 660. The Kier molecular flexibility index (Phi) is 7.22. The molecule has 2 atom stereocenters. The van der Waals surface area contributed by atoms with E-state index in [1.807, 2.05) is 51.1 Å². The Hall–Kier alpha value is -1.42. The fraction of sp³-hybridized carbons (Fsp3) is 0.333. The van der Waals surface area contributed by atoms with Crippen LogP contribution in [0, 0.1) is 0 Å². The second-order valence-electron chi connectivity index (χ2n) is 5.17. The average molecular weight is 366 g/mol. The standard InChI is InChI=1S/C18H23O4PS/c1-4-15(3)24-23(19,20-5-2)22-18-13-11-17(12-14-18)21-16-9-7-6-8-10-16/h6-15H,4-5H2,1-3H3. The quantitative estimate of drug-likeness (QED) is 0.472. The van der Waals surface area contributed by atoms with Crippen LogP contribution in [0.5, 0.6) is 17.2 Å². The first-order chi connectivity index (χ1) is 11.5. The molecule has 0 aliphatic rings. The maximum atomic E-state index is 12.8. The fourth-order valence-electron chi connectivity index (χ4n) is 1.85. The van der Waals surface area contributed by atoms with E-state index in [-0.39, 0.29) is 5.25 Å². The van der Waals surface area contributed by atoms with Gasteiger partial charge in [-0.3, -0.25) is 4.52 Å². The summed E-state index contributed by atoms with van der Waals surface area (Å²) in [5.41, 5.74) is 0. The van der Waals surface area contributed by atoms with E-state index < -0.39 is 6.80 Å². The van der Waals surface area contributed by atoms with Crippen molar-refractivity contribution in [1.29, 1.82) is 0 Å². The van der Waals surface area contributed by atoms with Crippen molar-refractivity contribution in [3.63, 3.8) is 0 Å². The zero-order valence-corrected chi connectivity index (χ0v) is 15.9. The molecule has 0 spiro atoms. The predicted molar refractivity (Wildman–Crippen MR) is 100 cm³/mol. The number of benzene rings is 2. The van der Waals surface area contributed by atoms with Crippen LogP contribution in [-0.2, 0) is 9.09 Å². The molecule has 0 aromatic heterocycles. The molecule has 0 radical (unpaired) electrons. The Morgan fingerprint density at radius 1 is 0.958 bits per heavy atom. The third-order valence-electron chi connectivity index (χ3n) is 3.19. The van der Waals surface area contributed by atoms with Gasteiger partial charge in [0.05, 0.1) is 6.61 Å². The van der Waals surface area contributed by atoms with E-state index in [1.54, 1.807) is 24.3 Å². The minimum Gasteiger partial charge on any atom is -0.457 e. The Balaban J connectivity index is 2.04. The van der Waals surface area contributed by atoms with Gasteiger partial charge in [0, 0.05) is 5.25 Å². The van der Waals surface area contributed by atoms with Gasteiger partial charge in [-0.2, -0.15) is 0 Å². The third kappa shape index (κ3) is 5.90. The molecule has 6 heteroatoms. The summed E-state index contributed by atoms with van der Waals surface area (Å²) in [7, 11) is 0. The monoisotopic (exact) mass is 366 g/mol. The highest BCUT2D eigenvalue weighted by molar-refractivity contribution is 8.55. The first kappa shape index (κ1) is 18.9. The van der Waals surface area contributed by atoms with Crippen molar-refractivity contribution in [1.82, 2.24) is 0 Å². The molecule has 24 heavy (non-hydrogen) atoms. The molecule has 0 saturated carbocycles. The summed E-state index contributed by atoms with van der Waals surface area (Å²) >= 11 is 1.25. The smallest absolute Gasteiger partial charge is 0.440 e. The van der Waals surface area contributed by atoms with E-state index in [0.717, 1.165) is 12.2 Å². The van der Waals surface area contributed by atoms with Crippen molar-refractivity contribution >= 4 is 18.2 Å². The van der Waals surface area contributed by atoms with E-state index in [2.05, 4.69) is 0 Å². The molecule has 4 nitrogen and oxygen atoms in total. The molecule has 0 saturated heterocycles. The molecule has 0 heterocycles. The first-order valence-electron chi connectivity index (χ1n) is 8.00. The van der Waals surface area contributed by atoms with E-state index in [0.29, 0.717) is 18.1 Å². The SMILES string of the molecule is CCOP(=O)(Oc1ccc(Oc2ccccc2)cc1)SC(C)CC. The van der Waals surface area contributed by atoms with Crippen molar-refractivity contribution in [2.45, 2.75) is 32.4 Å². The summed E-state index contributed by atoms with van der Waals surface area (Å²) in [5.74, 6) is 1.95. The number of para-hydroxylation sites is 1. The van der Waals surface area contributed by atoms with Gasteiger partial charge in [0.2, 0.25) is 0 Å². The van der Waals surface area contributed by atoms with E-state index in [1.165, 1.54) is 11.4 Å². The highest BCUT2D eigenvalue weighted by Gasteiger charge is 2.29. The van der Waals surface area contributed by atoms with E-state index in [9.17, 15) is 4.57 Å². The second kappa shape index (κ2) is 9.16. The van der Waals surface area contributed by atoms with Crippen molar-refractivity contribution in [3.8, 4) is 17.2 Å². The summed E-state index contributed by atoms with van der Waals surface area (Å²) in [6, 6.07) is 16.6. The van der Waals surface area contributed by atoms with Crippen LogP contribution in [0.4, 0.5) is 0 Å². The summed E-state index contributed by atoms with van der Waals surface area (Å²) in [4.78, 5) is 0. The topological polar surface area (TPSA) is 44.8 Å². The van der Waals surface area contributed by atoms with Crippen molar-refractivity contribution < 1.29 is 18.3 Å². The molecule has 0 bridgehead atoms. The van der Waals surface area contributed by atoms with Crippen LogP contribution >= 0.6 is 18.2 Å². The van der Waals surface area contributed by atoms with E-state index in [4.69, 9.17) is 13.8 Å². The second-order valence-corrected chi connectivity index (χ2v) is 9.49. The molecule has 0 amide bonds.